The van der Waals surface area contributed by atoms with Crippen LogP contribution in [0.1, 0.15) is 56.1 Å². The normalized spacial score (nSPS) is 39.8. The Hall–Kier alpha value is -1.22. The molecule has 22 heavy (non-hydrogen) atoms. The largest absolute Gasteiger partial charge is 0.504 e. The second-order valence-corrected chi connectivity index (χ2v) is 7.78. The number of aliphatic hydroxyl groups is 1. The molecule has 0 unspecified atom stereocenters. The van der Waals surface area contributed by atoms with Gasteiger partial charge in [0.1, 0.15) is 0 Å². The average Bonchev–Trinajstić information content (AvgIpc) is 2.82. The van der Waals surface area contributed by atoms with Crippen molar-refractivity contribution in [2.75, 3.05) is 7.11 Å². The van der Waals surface area contributed by atoms with Crippen molar-refractivity contribution in [3.05, 3.63) is 23.3 Å². The predicted octanol–water partition coefficient (Wildman–Crippen LogP) is 3.62. The van der Waals surface area contributed by atoms with E-state index in [1.807, 2.05) is 6.07 Å². The summed E-state index contributed by atoms with van der Waals surface area (Å²) in [5, 5.41) is 20.5. The summed E-state index contributed by atoms with van der Waals surface area (Å²) in [4.78, 5) is 0. The Bertz CT molecular complexity index is 597. The molecular weight excluding hydrogens is 276 g/mol. The van der Waals surface area contributed by atoms with Crippen LogP contribution in [-0.2, 0) is 6.42 Å². The van der Waals surface area contributed by atoms with Crippen molar-refractivity contribution >= 4 is 0 Å². The van der Waals surface area contributed by atoms with Crippen LogP contribution in [0.3, 0.4) is 0 Å². The molecule has 5 atom stereocenters. The van der Waals surface area contributed by atoms with Gasteiger partial charge in [-0.25, -0.2) is 0 Å². The number of fused-ring (bicyclic) bond motifs is 5. The molecule has 0 aromatic heterocycles. The lowest BCUT2D eigenvalue weighted by Gasteiger charge is -2.50. The van der Waals surface area contributed by atoms with Crippen molar-refractivity contribution in [2.24, 2.45) is 17.3 Å². The zero-order valence-corrected chi connectivity index (χ0v) is 13.5. The number of methoxy groups -OCH3 is 1. The van der Waals surface area contributed by atoms with Gasteiger partial charge in [-0.15, -0.1) is 0 Å². The molecule has 0 aliphatic heterocycles. The van der Waals surface area contributed by atoms with E-state index < -0.39 is 0 Å². The fourth-order valence-electron chi connectivity index (χ4n) is 5.72. The summed E-state index contributed by atoms with van der Waals surface area (Å²) in [6.07, 6.45) is 6.51. The van der Waals surface area contributed by atoms with Crippen molar-refractivity contribution in [3.63, 3.8) is 0 Å². The standard InChI is InChI=1S/C19H26O3/c1-19-8-7-12-13(15(19)5-6-18(19)21)4-3-11-9-16(20)17(22-2)10-14(11)12/h9-10,12-13,15,18,20-21H,3-8H2,1-2H3/t12-,13-,15-,18+,19+/m1/s1. The Morgan fingerprint density at radius 3 is 2.77 bits per heavy atom. The molecule has 3 nitrogen and oxygen atoms in total. The van der Waals surface area contributed by atoms with Crippen molar-refractivity contribution < 1.29 is 14.9 Å². The van der Waals surface area contributed by atoms with Crippen LogP contribution in [0, 0.1) is 17.3 Å². The van der Waals surface area contributed by atoms with Gasteiger partial charge in [-0.05, 0) is 85.0 Å². The van der Waals surface area contributed by atoms with E-state index in [2.05, 4.69) is 13.0 Å². The Morgan fingerprint density at radius 1 is 1.18 bits per heavy atom. The molecule has 120 valence electrons. The summed E-state index contributed by atoms with van der Waals surface area (Å²) in [5.74, 6) is 2.75. The van der Waals surface area contributed by atoms with Crippen LogP contribution in [0.5, 0.6) is 11.5 Å². The van der Waals surface area contributed by atoms with Crippen LogP contribution >= 0.6 is 0 Å². The molecule has 0 spiro atoms. The van der Waals surface area contributed by atoms with Gasteiger partial charge in [0.2, 0.25) is 0 Å². The Morgan fingerprint density at radius 2 is 2.00 bits per heavy atom. The highest BCUT2D eigenvalue weighted by Gasteiger charge is 2.54. The molecule has 0 bridgehead atoms. The Balaban J connectivity index is 1.72. The van der Waals surface area contributed by atoms with Gasteiger partial charge in [0.05, 0.1) is 13.2 Å². The highest BCUT2D eigenvalue weighted by Crippen LogP contribution is 2.61. The first kappa shape index (κ1) is 14.4. The first-order chi connectivity index (χ1) is 10.5. The number of aromatic hydroxyl groups is 1. The fraction of sp³-hybridized carbons (Fsp3) is 0.684. The molecule has 0 amide bonds. The Kier molecular flexibility index (Phi) is 3.19. The highest BCUT2D eigenvalue weighted by atomic mass is 16.5. The lowest BCUT2D eigenvalue weighted by atomic mass is 9.55. The van der Waals surface area contributed by atoms with E-state index in [1.54, 1.807) is 7.11 Å². The maximum Gasteiger partial charge on any atom is 0.160 e. The quantitative estimate of drug-likeness (QED) is 0.833. The number of phenolic OH excluding ortho intramolecular Hbond substituents is 1. The van der Waals surface area contributed by atoms with Gasteiger partial charge in [-0.3, -0.25) is 0 Å². The number of aliphatic hydroxyl groups excluding tert-OH is 1. The van der Waals surface area contributed by atoms with Gasteiger partial charge in [0.25, 0.3) is 0 Å². The zero-order chi connectivity index (χ0) is 15.5. The molecule has 3 aliphatic rings. The molecule has 0 radical (unpaired) electrons. The Labute approximate surface area is 132 Å². The van der Waals surface area contributed by atoms with Crippen molar-refractivity contribution in [2.45, 2.75) is 57.5 Å². The topological polar surface area (TPSA) is 49.7 Å². The SMILES string of the molecule is COc1cc2c(cc1O)CC[C@H]1[C@H]3CC[C@H](O)[C@@]3(C)CC[C@@H]21. The van der Waals surface area contributed by atoms with Gasteiger partial charge in [0.15, 0.2) is 11.5 Å². The third-order valence-electron chi connectivity index (χ3n) is 6.97. The number of ether oxygens (including phenoxy) is 1. The third-order valence-corrected chi connectivity index (χ3v) is 6.97. The number of phenols is 1. The van der Waals surface area contributed by atoms with Crippen LogP contribution in [0.2, 0.25) is 0 Å². The maximum absolute atomic E-state index is 10.4. The maximum atomic E-state index is 10.4. The first-order valence-corrected chi connectivity index (χ1v) is 8.62. The molecule has 0 saturated heterocycles. The van der Waals surface area contributed by atoms with E-state index in [0.29, 0.717) is 23.5 Å². The van der Waals surface area contributed by atoms with Crippen LogP contribution < -0.4 is 4.74 Å². The average molecular weight is 302 g/mol. The van der Waals surface area contributed by atoms with Gasteiger partial charge in [-0.1, -0.05) is 6.92 Å². The van der Waals surface area contributed by atoms with Crippen molar-refractivity contribution in [3.8, 4) is 11.5 Å². The van der Waals surface area contributed by atoms with E-state index in [1.165, 1.54) is 24.0 Å². The van der Waals surface area contributed by atoms with Gasteiger partial charge in [0, 0.05) is 0 Å². The monoisotopic (exact) mass is 302 g/mol. The number of rotatable bonds is 1. The molecule has 3 aliphatic carbocycles. The number of hydrogen-bond donors (Lipinski definition) is 2. The van der Waals surface area contributed by atoms with E-state index in [0.717, 1.165) is 25.7 Å². The number of hydrogen-bond acceptors (Lipinski definition) is 3. The third kappa shape index (κ3) is 1.84. The van der Waals surface area contributed by atoms with E-state index in [4.69, 9.17) is 4.74 Å². The second-order valence-electron chi connectivity index (χ2n) is 7.78. The van der Waals surface area contributed by atoms with Gasteiger partial charge < -0.3 is 14.9 Å². The van der Waals surface area contributed by atoms with Crippen molar-refractivity contribution in [1.82, 2.24) is 0 Å². The summed E-state index contributed by atoms with van der Waals surface area (Å²) in [5.41, 5.74) is 2.80. The van der Waals surface area contributed by atoms with Crippen LogP contribution in [0.4, 0.5) is 0 Å². The van der Waals surface area contributed by atoms with Gasteiger partial charge in [-0.2, -0.15) is 0 Å². The lowest BCUT2D eigenvalue weighted by molar-refractivity contribution is -0.0226. The second kappa shape index (κ2) is 4.89. The predicted molar refractivity (Wildman–Crippen MR) is 85.3 cm³/mol. The number of aryl methyl sites for hydroxylation is 1. The molecule has 2 fully saturated rings. The first-order valence-electron chi connectivity index (χ1n) is 8.62. The van der Waals surface area contributed by atoms with Crippen LogP contribution in [0.15, 0.2) is 12.1 Å². The van der Waals surface area contributed by atoms with Crippen molar-refractivity contribution in [1.29, 1.82) is 0 Å². The minimum Gasteiger partial charge on any atom is -0.504 e. The zero-order valence-electron chi connectivity index (χ0n) is 13.5. The number of benzene rings is 1. The molecule has 0 heterocycles. The summed E-state index contributed by atoms with van der Waals surface area (Å²) in [6.45, 7) is 2.30. The van der Waals surface area contributed by atoms with E-state index in [-0.39, 0.29) is 17.3 Å². The summed E-state index contributed by atoms with van der Waals surface area (Å²) in [7, 11) is 1.62. The minimum atomic E-state index is -0.116. The molecule has 1 aromatic rings. The molecule has 2 N–H and O–H groups in total. The van der Waals surface area contributed by atoms with E-state index in [9.17, 15) is 10.2 Å². The minimum absolute atomic E-state index is 0.116. The molecular formula is C19H26O3. The molecule has 3 heteroatoms. The summed E-state index contributed by atoms with van der Waals surface area (Å²) >= 11 is 0. The van der Waals surface area contributed by atoms with Gasteiger partial charge >= 0.3 is 0 Å². The smallest absolute Gasteiger partial charge is 0.160 e. The van der Waals surface area contributed by atoms with Crippen LogP contribution in [0.25, 0.3) is 0 Å². The summed E-state index contributed by atoms with van der Waals surface area (Å²) < 4.78 is 5.32. The van der Waals surface area contributed by atoms with E-state index >= 15 is 0 Å². The molecule has 1 aromatic carbocycles. The lowest BCUT2D eigenvalue weighted by Crippen LogP contribution is -2.43. The summed E-state index contributed by atoms with van der Waals surface area (Å²) in [6, 6.07) is 3.97. The molecule has 2 saturated carbocycles. The fourth-order valence-corrected chi connectivity index (χ4v) is 5.72. The highest BCUT2D eigenvalue weighted by molar-refractivity contribution is 5.49. The van der Waals surface area contributed by atoms with Crippen LogP contribution in [-0.4, -0.2) is 23.4 Å². The molecule has 4 rings (SSSR count).